The van der Waals surface area contributed by atoms with Gasteiger partial charge < -0.3 is 0 Å². The van der Waals surface area contributed by atoms with E-state index in [-0.39, 0.29) is 0 Å². The van der Waals surface area contributed by atoms with Crippen LogP contribution in [-0.2, 0) is 0 Å². The van der Waals surface area contributed by atoms with Crippen LogP contribution >= 0.6 is 0 Å². The van der Waals surface area contributed by atoms with Crippen LogP contribution in [0.5, 0.6) is 0 Å². The second-order valence-corrected chi connectivity index (χ2v) is 9.75. The lowest BCUT2D eigenvalue weighted by atomic mass is 9.96. The van der Waals surface area contributed by atoms with E-state index in [1.807, 2.05) is 0 Å². The van der Waals surface area contributed by atoms with Crippen LogP contribution in [0.15, 0.2) is 0 Å². The van der Waals surface area contributed by atoms with Gasteiger partial charge in [0.15, 0.2) is 0 Å². The molecule has 0 aliphatic carbocycles. The van der Waals surface area contributed by atoms with Gasteiger partial charge in [0, 0.05) is 0 Å². The average molecular weight is 395 g/mol. The topological polar surface area (TPSA) is 0 Å². The van der Waals surface area contributed by atoms with Crippen molar-refractivity contribution in [3.05, 3.63) is 0 Å². The van der Waals surface area contributed by atoms with Gasteiger partial charge in [-0.25, -0.2) is 0 Å². The first kappa shape index (κ1) is 28.0. The van der Waals surface area contributed by atoms with Gasteiger partial charge in [0.1, 0.15) is 0 Å². The van der Waals surface area contributed by atoms with Crippen LogP contribution in [0.2, 0.25) is 0 Å². The lowest BCUT2D eigenvalue weighted by molar-refractivity contribution is 0.430. The van der Waals surface area contributed by atoms with Crippen LogP contribution in [0.1, 0.15) is 175 Å². The summed E-state index contributed by atoms with van der Waals surface area (Å²) in [5, 5.41) is 0. The summed E-state index contributed by atoms with van der Waals surface area (Å²) in [6.45, 7) is 7.09. The Bertz CT molecular complexity index is 257. The smallest absolute Gasteiger partial charge is 0.0443 e. The van der Waals surface area contributed by atoms with Crippen molar-refractivity contribution < 1.29 is 0 Å². The molecule has 1 unspecified atom stereocenters. The molecule has 0 N–H and O–H groups in total. The molecule has 0 radical (unpaired) electrons. The molecule has 0 spiro atoms. The molecular weight excluding hydrogens is 336 g/mol. The van der Waals surface area contributed by atoms with Gasteiger partial charge in [-0.2, -0.15) is 0 Å². The molecule has 0 heterocycles. The third-order valence-electron chi connectivity index (χ3n) is 6.60. The van der Waals surface area contributed by atoms with Gasteiger partial charge in [0.05, 0.1) is 0 Å². The van der Waals surface area contributed by atoms with E-state index in [1.165, 1.54) is 154 Å². The van der Waals surface area contributed by atoms with Gasteiger partial charge in [-0.15, -0.1) is 0 Å². The van der Waals surface area contributed by atoms with E-state index in [0.29, 0.717) is 0 Å². The molecule has 1 atom stereocenters. The van der Waals surface area contributed by atoms with Gasteiger partial charge in [0.2, 0.25) is 0 Å². The molecule has 0 bridgehead atoms. The van der Waals surface area contributed by atoms with Crippen molar-refractivity contribution in [1.82, 2.24) is 0 Å². The molecule has 0 rings (SSSR count). The molecule has 0 aliphatic heterocycles. The Labute approximate surface area is 181 Å². The summed E-state index contributed by atoms with van der Waals surface area (Å²) >= 11 is 0. The molecule has 170 valence electrons. The Hall–Kier alpha value is 0. The minimum absolute atomic E-state index is 0.970. The largest absolute Gasteiger partial charge is 0.0654 e. The van der Waals surface area contributed by atoms with Crippen molar-refractivity contribution in [1.29, 1.82) is 0 Å². The van der Waals surface area contributed by atoms with Crippen LogP contribution in [0, 0.1) is 5.92 Å². The molecule has 0 aromatic heterocycles. The Morgan fingerprint density at radius 1 is 0.321 bits per heavy atom. The normalized spacial score (nSPS) is 12.5. The van der Waals surface area contributed by atoms with E-state index in [1.54, 1.807) is 0 Å². The molecule has 0 aromatic carbocycles. The summed E-state index contributed by atoms with van der Waals surface area (Å²) in [7, 11) is 0. The zero-order valence-electron chi connectivity index (χ0n) is 20.5. The zero-order chi connectivity index (χ0) is 20.5. The minimum Gasteiger partial charge on any atom is -0.0654 e. The Kier molecular flexibility index (Phi) is 25.0. The molecular formula is C28H58. The molecule has 0 nitrogen and oxygen atoms in total. The highest BCUT2D eigenvalue weighted by Gasteiger charge is 2.02. The second kappa shape index (κ2) is 25.0. The summed E-state index contributed by atoms with van der Waals surface area (Å²) in [4.78, 5) is 0. The fraction of sp³-hybridized carbons (Fsp3) is 1.00. The van der Waals surface area contributed by atoms with Crippen LogP contribution in [-0.4, -0.2) is 0 Å². The van der Waals surface area contributed by atoms with Crippen LogP contribution < -0.4 is 0 Å². The van der Waals surface area contributed by atoms with Crippen molar-refractivity contribution >= 4 is 0 Å². The summed E-state index contributed by atoms with van der Waals surface area (Å²) < 4.78 is 0. The van der Waals surface area contributed by atoms with Crippen LogP contribution in [0.25, 0.3) is 0 Å². The first-order valence-electron chi connectivity index (χ1n) is 13.8. The van der Waals surface area contributed by atoms with E-state index in [2.05, 4.69) is 20.8 Å². The molecule has 0 aromatic rings. The van der Waals surface area contributed by atoms with E-state index in [4.69, 9.17) is 0 Å². The highest BCUT2D eigenvalue weighted by Crippen LogP contribution is 2.19. The molecule has 0 heteroatoms. The first-order valence-corrected chi connectivity index (χ1v) is 13.8. The van der Waals surface area contributed by atoms with Crippen molar-refractivity contribution in [3.63, 3.8) is 0 Å². The fourth-order valence-electron chi connectivity index (χ4n) is 4.46. The van der Waals surface area contributed by atoms with Gasteiger partial charge in [-0.3, -0.25) is 0 Å². The minimum atomic E-state index is 0.970. The average Bonchev–Trinajstić information content (AvgIpc) is 2.70. The first-order chi connectivity index (χ1) is 13.8. The zero-order valence-corrected chi connectivity index (χ0v) is 20.5. The number of rotatable bonds is 24. The summed E-state index contributed by atoms with van der Waals surface area (Å²) in [5.41, 5.74) is 0. The van der Waals surface area contributed by atoms with Crippen LogP contribution in [0.3, 0.4) is 0 Å². The molecule has 0 aliphatic rings. The quantitative estimate of drug-likeness (QED) is 0.143. The van der Waals surface area contributed by atoms with Gasteiger partial charge in [0.25, 0.3) is 0 Å². The van der Waals surface area contributed by atoms with Gasteiger partial charge in [-0.05, 0) is 5.92 Å². The van der Waals surface area contributed by atoms with Crippen molar-refractivity contribution in [3.8, 4) is 0 Å². The number of hydrogen-bond acceptors (Lipinski definition) is 0. The van der Waals surface area contributed by atoms with Crippen LogP contribution in [0.4, 0.5) is 0 Å². The Morgan fingerprint density at radius 2 is 0.536 bits per heavy atom. The van der Waals surface area contributed by atoms with Crippen molar-refractivity contribution in [2.75, 3.05) is 0 Å². The van der Waals surface area contributed by atoms with Gasteiger partial charge in [-0.1, -0.05) is 175 Å². The van der Waals surface area contributed by atoms with Crippen molar-refractivity contribution in [2.45, 2.75) is 175 Å². The van der Waals surface area contributed by atoms with E-state index >= 15 is 0 Å². The maximum atomic E-state index is 2.48. The summed E-state index contributed by atoms with van der Waals surface area (Å²) in [6.07, 6.45) is 35.3. The highest BCUT2D eigenvalue weighted by molar-refractivity contribution is 4.56. The standard InChI is InChI=1S/C28H58/c1-4-6-8-10-12-13-14-15-16-17-18-19-20-21-23-25-27-28(3)26-24-22-11-9-7-5-2/h28H,4-27H2,1-3H3. The van der Waals surface area contributed by atoms with E-state index < -0.39 is 0 Å². The maximum absolute atomic E-state index is 2.48. The lowest BCUT2D eigenvalue weighted by Gasteiger charge is -2.11. The van der Waals surface area contributed by atoms with E-state index in [0.717, 1.165) is 5.92 Å². The highest BCUT2D eigenvalue weighted by atomic mass is 14.1. The number of unbranched alkanes of at least 4 members (excludes halogenated alkanes) is 20. The molecule has 0 saturated heterocycles. The van der Waals surface area contributed by atoms with Gasteiger partial charge >= 0.3 is 0 Å². The molecule has 0 amide bonds. The predicted molar refractivity (Wildman–Crippen MR) is 131 cm³/mol. The second-order valence-electron chi connectivity index (χ2n) is 9.75. The summed E-state index contributed by atoms with van der Waals surface area (Å²) in [5.74, 6) is 0.970. The third-order valence-corrected chi connectivity index (χ3v) is 6.60. The SMILES string of the molecule is CCCCCCCCCCCCCCCCCCC(C)CCCCCCCC. The molecule has 28 heavy (non-hydrogen) atoms. The Morgan fingerprint density at radius 3 is 0.786 bits per heavy atom. The fourth-order valence-corrected chi connectivity index (χ4v) is 4.46. The number of hydrogen-bond donors (Lipinski definition) is 0. The lowest BCUT2D eigenvalue weighted by Crippen LogP contribution is -1.95. The van der Waals surface area contributed by atoms with E-state index in [9.17, 15) is 0 Å². The maximum Gasteiger partial charge on any atom is -0.0443 e. The monoisotopic (exact) mass is 394 g/mol. The molecule has 0 fully saturated rings. The Balaban J connectivity index is 3.09. The predicted octanol–water partition coefficient (Wildman–Crippen LogP) is 11.0. The van der Waals surface area contributed by atoms with Crippen molar-refractivity contribution in [2.24, 2.45) is 5.92 Å². The summed E-state index contributed by atoms with van der Waals surface area (Å²) in [6, 6.07) is 0. The molecule has 0 saturated carbocycles. The third kappa shape index (κ3) is 24.0.